The molecule has 0 radical (unpaired) electrons. The maximum absolute atomic E-state index is 12.7. The molecule has 0 unspecified atom stereocenters. The summed E-state index contributed by atoms with van der Waals surface area (Å²) in [5.41, 5.74) is 9.28. The van der Waals surface area contributed by atoms with Crippen molar-refractivity contribution < 1.29 is 14.6 Å². The van der Waals surface area contributed by atoms with Crippen molar-refractivity contribution in [3.05, 3.63) is 53.1 Å². The summed E-state index contributed by atoms with van der Waals surface area (Å²) in [5, 5.41) is 13.0. The second kappa shape index (κ2) is 6.76. The smallest absolute Gasteiger partial charge is 0.255 e. The van der Waals surface area contributed by atoms with Gasteiger partial charge in [-0.3, -0.25) is 9.78 Å². The van der Waals surface area contributed by atoms with Gasteiger partial charge in [-0.25, -0.2) is 15.0 Å². The lowest BCUT2D eigenvalue weighted by atomic mass is 9.90. The van der Waals surface area contributed by atoms with Gasteiger partial charge in [-0.2, -0.15) is 0 Å². The van der Waals surface area contributed by atoms with Crippen molar-refractivity contribution in [1.29, 1.82) is 0 Å². The summed E-state index contributed by atoms with van der Waals surface area (Å²) in [6.45, 7) is 1.73. The van der Waals surface area contributed by atoms with Crippen LogP contribution >= 0.6 is 0 Å². The first-order valence-electron chi connectivity index (χ1n) is 8.59. The number of fused-ring (bicyclic) bond motifs is 1. The minimum absolute atomic E-state index is 0.0771. The number of aromatic hydroxyl groups is 1. The van der Waals surface area contributed by atoms with Gasteiger partial charge in [0.1, 0.15) is 5.75 Å². The van der Waals surface area contributed by atoms with E-state index in [1.165, 1.54) is 13.3 Å². The summed E-state index contributed by atoms with van der Waals surface area (Å²) in [7, 11) is 1.50. The van der Waals surface area contributed by atoms with E-state index in [4.69, 9.17) is 10.5 Å². The number of carbonyl (C=O) groups excluding carboxylic acids is 1. The Morgan fingerprint density at radius 3 is 2.86 bits per heavy atom. The average Bonchev–Trinajstić information content (AvgIpc) is 2.67. The topological polar surface area (TPSA) is 136 Å². The lowest BCUT2D eigenvalue weighted by Crippen LogP contribution is -2.37. The number of benzene rings is 1. The van der Waals surface area contributed by atoms with E-state index < -0.39 is 0 Å². The van der Waals surface area contributed by atoms with Crippen molar-refractivity contribution in [1.82, 2.24) is 25.3 Å². The van der Waals surface area contributed by atoms with Crippen LogP contribution in [-0.2, 0) is 6.42 Å². The van der Waals surface area contributed by atoms with Crippen molar-refractivity contribution in [3.63, 3.8) is 0 Å². The van der Waals surface area contributed by atoms with Gasteiger partial charge < -0.3 is 20.9 Å². The number of aryl methyl sites for hydroxylation is 1. The summed E-state index contributed by atoms with van der Waals surface area (Å²) in [6.07, 6.45) is 3.50. The number of methoxy groups -OCH3 is 1. The molecule has 0 bridgehead atoms. The maximum Gasteiger partial charge on any atom is 0.255 e. The van der Waals surface area contributed by atoms with E-state index in [1.807, 2.05) is 0 Å². The summed E-state index contributed by atoms with van der Waals surface area (Å²) >= 11 is 0. The molecule has 2 aromatic heterocycles. The molecule has 1 amide bonds. The fraction of sp³-hybridized carbons (Fsp3) is 0.211. The zero-order valence-electron chi connectivity index (χ0n) is 15.3. The standard InChI is InChI=1S/C19H18N6O3/c1-9-17-14(25-19(20)22-9)6-13(24-18(17)27)11-4-3-10(26)5-12(11)15-7-21-8-16(23-15)28-2/h3-5,7-8,13,26H,6H2,1-2H3,(H,24,27)(H2,20,22,25)/t13-/m1/s1. The minimum atomic E-state index is -0.377. The second-order valence-corrected chi connectivity index (χ2v) is 6.44. The Labute approximate surface area is 160 Å². The summed E-state index contributed by atoms with van der Waals surface area (Å²) in [5.74, 6) is 0.295. The highest BCUT2D eigenvalue weighted by molar-refractivity contribution is 5.98. The SMILES string of the molecule is COc1cncc(-c2cc(O)ccc2[C@H]2Cc3nc(N)nc(C)c3C(=O)N2)n1. The Morgan fingerprint density at radius 1 is 1.25 bits per heavy atom. The van der Waals surface area contributed by atoms with Gasteiger partial charge in [0, 0.05) is 12.0 Å². The molecule has 0 spiro atoms. The quantitative estimate of drug-likeness (QED) is 0.625. The lowest BCUT2D eigenvalue weighted by Gasteiger charge is -2.27. The number of nitrogens with zero attached hydrogens (tertiary/aromatic N) is 4. The van der Waals surface area contributed by atoms with Crippen LogP contribution in [-0.4, -0.2) is 38.1 Å². The van der Waals surface area contributed by atoms with Crippen molar-refractivity contribution in [2.24, 2.45) is 0 Å². The van der Waals surface area contributed by atoms with Gasteiger partial charge in [-0.15, -0.1) is 0 Å². The molecule has 9 nitrogen and oxygen atoms in total. The van der Waals surface area contributed by atoms with Gasteiger partial charge in [0.2, 0.25) is 11.8 Å². The first kappa shape index (κ1) is 17.7. The molecule has 9 heteroatoms. The number of amides is 1. The maximum atomic E-state index is 12.7. The summed E-state index contributed by atoms with van der Waals surface area (Å²) in [4.78, 5) is 29.5. The number of anilines is 1. The molecule has 4 N–H and O–H groups in total. The van der Waals surface area contributed by atoms with Crippen molar-refractivity contribution >= 4 is 11.9 Å². The third-order valence-corrected chi connectivity index (χ3v) is 4.62. The highest BCUT2D eigenvalue weighted by atomic mass is 16.5. The number of hydrogen-bond acceptors (Lipinski definition) is 8. The number of nitrogen functional groups attached to an aromatic ring is 1. The lowest BCUT2D eigenvalue weighted by molar-refractivity contribution is 0.0922. The van der Waals surface area contributed by atoms with E-state index >= 15 is 0 Å². The number of phenolic OH excluding ortho intramolecular Hbond substituents is 1. The molecule has 0 aliphatic carbocycles. The average molecular weight is 378 g/mol. The number of aromatic nitrogens is 4. The van der Waals surface area contributed by atoms with Gasteiger partial charge in [-0.1, -0.05) is 6.07 Å². The van der Waals surface area contributed by atoms with Crippen molar-refractivity contribution in [2.45, 2.75) is 19.4 Å². The van der Waals surface area contributed by atoms with Crippen LogP contribution in [0.3, 0.4) is 0 Å². The molecule has 0 fully saturated rings. The van der Waals surface area contributed by atoms with Gasteiger partial charge in [0.25, 0.3) is 5.91 Å². The van der Waals surface area contributed by atoms with Crippen molar-refractivity contribution in [3.8, 4) is 22.9 Å². The number of phenols is 1. The number of ether oxygens (including phenoxy) is 1. The predicted octanol–water partition coefficient (Wildman–Crippen LogP) is 1.57. The molecule has 4 rings (SSSR count). The van der Waals surface area contributed by atoms with E-state index in [-0.39, 0.29) is 23.6 Å². The largest absolute Gasteiger partial charge is 0.508 e. The van der Waals surface area contributed by atoms with Crippen LogP contribution in [0.4, 0.5) is 5.95 Å². The fourth-order valence-electron chi connectivity index (χ4n) is 3.41. The van der Waals surface area contributed by atoms with Gasteiger partial charge in [0.05, 0.1) is 48.2 Å². The molecule has 1 aliphatic heterocycles. The van der Waals surface area contributed by atoms with Crippen LogP contribution in [0.1, 0.15) is 33.4 Å². The van der Waals surface area contributed by atoms with E-state index in [0.29, 0.717) is 40.5 Å². The molecule has 1 atom stereocenters. The molecular formula is C19H18N6O3. The molecule has 1 aromatic carbocycles. The molecule has 1 aliphatic rings. The number of nitrogens with one attached hydrogen (secondary N) is 1. The van der Waals surface area contributed by atoms with Crippen LogP contribution in [0.2, 0.25) is 0 Å². The molecule has 0 saturated carbocycles. The molecule has 28 heavy (non-hydrogen) atoms. The Bertz CT molecular complexity index is 1090. The molecule has 0 saturated heterocycles. The van der Waals surface area contributed by atoms with Crippen LogP contribution < -0.4 is 15.8 Å². The first-order chi connectivity index (χ1) is 13.5. The Morgan fingerprint density at radius 2 is 2.07 bits per heavy atom. The summed E-state index contributed by atoms with van der Waals surface area (Å²) in [6, 6.07) is 4.52. The zero-order chi connectivity index (χ0) is 19.8. The highest BCUT2D eigenvalue weighted by Gasteiger charge is 2.30. The van der Waals surface area contributed by atoms with Crippen LogP contribution in [0.5, 0.6) is 11.6 Å². The number of rotatable bonds is 3. The van der Waals surface area contributed by atoms with E-state index in [2.05, 4.69) is 25.3 Å². The van der Waals surface area contributed by atoms with Crippen LogP contribution in [0.25, 0.3) is 11.3 Å². The fourth-order valence-corrected chi connectivity index (χ4v) is 3.41. The number of carbonyl (C=O) groups is 1. The second-order valence-electron chi connectivity index (χ2n) is 6.44. The zero-order valence-corrected chi connectivity index (χ0v) is 15.3. The van der Waals surface area contributed by atoms with Crippen LogP contribution in [0.15, 0.2) is 30.6 Å². The van der Waals surface area contributed by atoms with E-state index in [9.17, 15) is 9.90 Å². The minimum Gasteiger partial charge on any atom is -0.508 e. The third kappa shape index (κ3) is 3.07. The van der Waals surface area contributed by atoms with Crippen LogP contribution in [0, 0.1) is 6.92 Å². The van der Waals surface area contributed by atoms with Gasteiger partial charge in [0.15, 0.2) is 0 Å². The Hall–Kier alpha value is -3.75. The highest BCUT2D eigenvalue weighted by Crippen LogP contribution is 2.34. The number of nitrogens with two attached hydrogens (primary N) is 1. The van der Waals surface area contributed by atoms with Crippen molar-refractivity contribution in [2.75, 3.05) is 12.8 Å². The Kier molecular flexibility index (Phi) is 4.26. The molecule has 3 aromatic rings. The van der Waals surface area contributed by atoms with Gasteiger partial charge >= 0.3 is 0 Å². The van der Waals surface area contributed by atoms with E-state index in [0.717, 1.165) is 5.56 Å². The first-order valence-corrected chi connectivity index (χ1v) is 8.59. The third-order valence-electron chi connectivity index (χ3n) is 4.62. The normalized spacial score (nSPS) is 15.6. The molecular weight excluding hydrogens is 360 g/mol. The molecule has 142 valence electrons. The summed E-state index contributed by atoms with van der Waals surface area (Å²) < 4.78 is 5.15. The monoisotopic (exact) mass is 378 g/mol. The Balaban J connectivity index is 1.81. The van der Waals surface area contributed by atoms with E-state index in [1.54, 1.807) is 31.3 Å². The molecule has 3 heterocycles. The van der Waals surface area contributed by atoms with Gasteiger partial charge in [-0.05, 0) is 24.6 Å². The predicted molar refractivity (Wildman–Crippen MR) is 101 cm³/mol. The number of hydrogen-bond donors (Lipinski definition) is 3.